The Morgan fingerprint density at radius 2 is 0.481 bits per heavy atom. The molecule has 0 aromatic carbocycles. The van der Waals surface area contributed by atoms with E-state index in [0.717, 1.165) is 135 Å². The van der Waals surface area contributed by atoms with Crippen LogP contribution in [0.25, 0.3) is 0 Å². The van der Waals surface area contributed by atoms with E-state index in [0.29, 0.717) is 19.3 Å². The summed E-state index contributed by atoms with van der Waals surface area (Å²) in [5.41, 5.74) is 0. The number of hydrogen-bond acceptors (Lipinski definition) is 6. The van der Waals surface area contributed by atoms with Crippen molar-refractivity contribution in [2.24, 2.45) is 0 Å². The minimum Gasteiger partial charge on any atom is -0.462 e. The maximum atomic E-state index is 12.9. The van der Waals surface area contributed by atoms with Crippen molar-refractivity contribution in [3.05, 3.63) is 122 Å². The van der Waals surface area contributed by atoms with Gasteiger partial charge in [-0.3, -0.25) is 14.4 Å². The first-order valence-corrected chi connectivity index (χ1v) is 34.0. The van der Waals surface area contributed by atoms with Gasteiger partial charge in [0.2, 0.25) is 0 Å². The van der Waals surface area contributed by atoms with Crippen molar-refractivity contribution in [1.82, 2.24) is 0 Å². The Bertz CT molecular complexity index is 1670. The van der Waals surface area contributed by atoms with Gasteiger partial charge in [0.25, 0.3) is 0 Å². The van der Waals surface area contributed by atoms with Crippen molar-refractivity contribution >= 4 is 17.9 Å². The molecular weight excluding hydrogens is 997 g/mol. The van der Waals surface area contributed by atoms with Crippen LogP contribution in [0, 0.1) is 0 Å². The maximum absolute atomic E-state index is 12.9. The van der Waals surface area contributed by atoms with Crippen LogP contribution < -0.4 is 0 Å². The van der Waals surface area contributed by atoms with Gasteiger partial charge in [-0.25, -0.2) is 0 Å². The van der Waals surface area contributed by atoms with Gasteiger partial charge in [-0.1, -0.05) is 303 Å². The third kappa shape index (κ3) is 66.5. The zero-order valence-electron chi connectivity index (χ0n) is 53.0. The largest absolute Gasteiger partial charge is 0.462 e. The molecule has 1 unspecified atom stereocenters. The van der Waals surface area contributed by atoms with Gasteiger partial charge in [0.15, 0.2) is 6.10 Å². The highest BCUT2D eigenvalue weighted by Crippen LogP contribution is 2.16. The molecule has 6 nitrogen and oxygen atoms in total. The van der Waals surface area contributed by atoms with E-state index in [4.69, 9.17) is 14.2 Å². The summed E-state index contributed by atoms with van der Waals surface area (Å²) >= 11 is 0. The highest BCUT2D eigenvalue weighted by atomic mass is 16.6. The summed E-state index contributed by atoms with van der Waals surface area (Å²) < 4.78 is 16.9. The van der Waals surface area contributed by atoms with Crippen LogP contribution in [0.2, 0.25) is 0 Å². The minimum atomic E-state index is -0.788. The van der Waals surface area contributed by atoms with Gasteiger partial charge < -0.3 is 14.2 Å². The first-order chi connectivity index (χ1) is 40.0. The quantitative estimate of drug-likeness (QED) is 0.0261. The fraction of sp³-hybridized carbons (Fsp3) is 0.693. The molecule has 0 spiro atoms. The molecule has 0 saturated heterocycles. The summed E-state index contributed by atoms with van der Waals surface area (Å²) in [6.07, 6.45) is 95.0. The van der Waals surface area contributed by atoms with Gasteiger partial charge in [0.05, 0.1) is 0 Å². The lowest BCUT2D eigenvalue weighted by Gasteiger charge is -2.18. The van der Waals surface area contributed by atoms with Crippen LogP contribution in [0.15, 0.2) is 122 Å². The molecule has 0 fully saturated rings. The minimum absolute atomic E-state index is 0.0827. The average molecular weight is 1120 g/mol. The summed E-state index contributed by atoms with van der Waals surface area (Å²) in [6.45, 7) is 6.50. The first-order valence-electron chi connectivity index (χ1n) is 34.0. The number of hydrogen-bond donors (Lipinski definition) is 0. The van der Waals surface area contributed by atoms with Crippen LogP contribution in [0.3, 0.4) is 0 Å². The van der Waals surface area contributed by atoms with Gasteiger partial charge in [-0.15, -0.1) is 0 Å². The van der Waals surface area contributed by atoms with Crippen LogP contribution in [0.4, 0.5) is 0 Å². The number of carbonyl (C=O) groups is 3. The van der Waals surface area contributed by atoms with Crippen molar-refractivity contribution in [2.45, 2.75) is 322 Å². The fourth-order valence-corrected chi connectivity index (χ4v) is 9.37. The molecule has 0 heterocycles. The van der Waals surface area contributed by atoms with E-state index in [-0.39, 0.29) is 31.1 Å². The zero-order valence-corrected chi connectivity index (χ0v) is 53.0. The standard InChI is InChI=1S/C75H126O6/c1-4-7-10-13-16-19-22-25-27-28-29-30-31-32-33-34-35-36-37-38-39-40-41-42-43-44-45-46-48-50-53-56-59-62-65-68-74(77)80-71-72(70-79-73(76)67-64-61-58-55-52-49-24-21-18-15-12-9-6-3)81-75(78)69-66-63-60-57-54-51-47-26-23-20-17-14-11-8-5-2/h7,10,16-17,19-20,25-27,29-30,32-33,35-36,38-39,41-42,47,72H,4-6,8-9,11-15,18,21-24,28,31,34,37,40,43-46,48-71H2,1-3H3/b10-7-,19-16-,20-17-,27-25-,30-29-,33-32-,36-35-,39-38-,42-41-,47-26-. The molecular formula is C75H126O6. The second kappa shape index (κ2) is 68.3. The Morgan fingerprint density at radius 3 is 0.778 bits per heavy atom. The topological polar surface area (TPSA) is 78.9 Å². The van der Waals surface area contributed by atoms with Crippen molar-refractivity contribution in [1.29, 1.82) is 0 Å². The highest BCUT2D eigenvalue weighted by Gasteiger charge is 2.19. The van der Waals surface area contributed by atoms with Gasteiger partial charge in [0.1, 0.15) is 13.2 Å². The molecule has 0 saturated carbocycles. The number of esters is 3. The SMILES string of the molecule is CC/C=C\C/C=C\C/C=C\C/C=C\C/C=C\C/C=C\C/C=C\C/C=C\CCCCCCCCCCCCC(=O)OCC(COC(=O)CCCCCCCCCCCCCCC)OC(=O)CCCCCCC/C=C\C/C=C\CCCCC. The average Bonchev–Trinajstić information content (AvgIpc) is 3.46. The predicted molar refractivity (Wildman–Crippen MR) is 353 cm³/mol. The highest BCUT2D eigenvalue weighted by molar-refractivity contribution is 5.71. The van der Waals surface area contributed by atoms with E-state index >= 15 is 0 Å². The third-order valence-corrected chi connectivity index (χ3v) is 14.5. The number of carbonyl (C=O) groups excluding carboxylic acids is 3. The second-order valence-electron chi connectivity index (χ2n) is 22.4. The van der Waals surface area contributed by atoms with E-state index in [2.05, 4.69) is 142 Å². The Balaban J connectivity index is 4.22. The molecule has 0 aromatic heterocycles. The monoisotopic (exact) mass is 1120 g/mol. The van der Waals surface area contributed by atoms with Crippen molar-refractivity contribution in [3.8, 4) is 0 Å². The van der Waals surface area contributed by atoms with Crippen molar-refractivity contribution in [2.75, 3.05) is 13.2 Å². The number of rotatable bonds is 61. The predicted octanol–water partition coefficient (Wildman–Crippen LogP) is 23.6. The van der Waals surface area contributed by atoms with E-state index in [1.807, 2.05) is 0 Å². The van der Waals surface area contributed by atoms with Gasteiger partial charge in [-0.2, -0.15) is 0 Å². The molecule has 6 heteroatoms. The molecule has 0 aromatic rings. The first kappa shape index (κ1) is 76.8. The molecule has 0 N–H and O–H groups in total. The zero-order chi connectivity index (χ0) is 58.5. The van der Waals surface area contributed by atoms with Crippen LogP contribution in [-0.2, 0) is 28.6 Å². The number of allylic oxidation sites excluding steroid dienone is 20. The van der Waals surface area contributed by atoms with Crippen LogP contribution in [0.1, 0.15) is 316 Å². The molecule has 0 rings (SSSR count). The summed E-state index contributed by atoms with van der Waals surface area (Å²) in [7, 11) is 0. The molecule has 0 radical (unpaired) electrons. The lowest BCUT2D eigenvalue weighted by molar-refractivity contribution is -0.167. The Morgan fingerprint density at radius 1 is 0.259 bits per heavy atom. The number of unbranched alkanes of at least 4 members (excludes halogenated alkanes) is 30. The molecule has 462 valence electrons. The molecule has 0 aliphatic heterocycles. The lowest BCUT2D eigenvalue weighted by Crippen LogP contribution is -2.30. The molecule has 0 bridgehead atoms. The van der Waals surface area contributed by atoms with E-state index in [1.165, 1.54) is 141 Å². The van der Waals surface area contributed by atoms with Crippen LogP contribution in [0.5, 0.6) is 0 Å². The van der Waals surface area contributed by atoms with E-state index in [1.54, 1.807) is 0 Å². The van der Waals surface area contributed by atoms with Gasteiger partial charge >= 0.3 is 17.9 Å². The third-order valence-electron chi connectivity index (χ3n) is 14.5. The summed E-state index contributed by atoms with van der Waals surface area (Å²) in [6, 6.07) is 0. The molecule has 0 aliphatic rings. The van der Waals surface area contributed by atoms with Crippen molar-refractivity contribution in [3.63, 3.8) is 0 Å². The summed E-state index contributed by atoms with van der Waals surface area (Å²) in [4.78, 5) is 38.3. The Kier molecular flexibility index (Phi) is 64.8. The van der Waals surface area contributed by atoms with Crippen molar-refractivity contribution < 1.29 is 28.6 Å². The summed E-state index contributed by atoms with van der Waals surface area (Å²) in [5, 5.41) is 0. The molecule has 1 atom stereocenters. The molecule has 0 aliphatic carbocycles. The van der Waals surface area contributed by atoms with Gasteiger partial charge in [-0.05, 0) is 116 Å². The van der Waals surface area contributed by atoms with Gasteiger partial charge in [0, 0.05) is 19.3 Å². The number of ether oxygens (including phenoxy) is 3. The van der Waals surface area contributed by atoms with Crippen LogP contribution in [-0.4, -0.2) is 37.2 Å². The molecule has 0 amide bonds. The Hall–Kier alpha value is -4.19. The second-order valence-corrected chi connectivity index (χ2v) is 22.4. The maximum Gasteiger partial charge on any atom is 0.306 e. The fourth-order valence-electron chi connectivity index (χ4n) is 9.37. The summed E-state index contributed by atoms with van der Waals surface area (Å²) in [5.74, 6) is -0.892. The molecule has 81 heavy (non-hydrogen) atoms. The smallest absolute Gasteiger partial charge is 0.306 e. The normalized spacial score (nSPS) is 12.9. The van der Waals surface area contributed by atoms with Crippen LogP contribution >= 0.6 is 0 Å². The van der Waals surface area contributed by atoms with E-state index in [9.17, 15) is 14.4 Å². The Labute approximate surface area is 501 Å². The van der Waals surface area contributed by atoms with E-state index < -0.39 is 6.10 Å². The lowest BCUT2D eigenvalue weighted by atomic mass is 10.0.